The van der Waals surface area contributed by atoms with E-state index in [4.69, 9.17) is 32.9 Å². The van der Waals surface area contributed by atoms with Gasteiger partial charge in [0.2, 0.25) is 0 Å². The lowest BCUT2D eigenvalue weighted by Gasteiger charge is -2.23. The van der Waals surface area contributed by atoms with Crippen molar-refractivity contribution in [2.45, 2.75) is 25.3 Å². The summed E-state index contributed by atoms with van der Waals surface area (Å²) >= 11 is 12.5. The summed E-state index contributed by atoms with van der Waals surface area (Å²) in [4.78, 5) is 16.6. The summed E-state index contributed by atoms with van der Waals surface area (Å²) in [5.41, 5.74) is 3.44. The van der Waals surface area contributed by atoms with Crippen LogP contribution in [0.15, 0.2) is 36.4 Å². The van der Waals surface area contributed by atoms with E-state index < -0.39 is 0 Å². The summed E-state index contributed by atoms with van der Waals surface area (Å²) < 4.78 is 7.00. The van der Waals surface area contributed by atoms with Crippen molar-refractivity contribution in [3.63, 3.8) is 0 Å². The summed E-state index contributed by atoms with van der Waals surface area (Å²) in [7, 11) is 1.38. The fourth-order valence-electron chi connectivity index (χ4n) is 3.74. The maximum Gasteiger partial charge on any atom is 0.337 e. The van der Waals surface area contributed by atoms with Crippen LogP contribution in [0.5, 0.6) is 0 Å². The number of imidazole rings is 1. The second-order valence-corrected chi connectivity index (χ2v) is 7.84. The summed E-state index contributed by atoms with van der Waals surface area (Å²) in [6, 6.07) is 11.2. The van der Waals surface area contributed by atoms with Crippen LogP contribution < -0.4 is 5.32 Å². The number of benzene rings is 2. The highest BCUT2D eigenvalue weighted by atomic mass is 35.5. The Kier molecular flexibility index (Phi) is 5.58. The molecule has 1 N–H and O–H groups in total. The Morgan fingerprint density at radius 2 is 1.86 bits per heavy atom. The first-order valence-corrected chi connectivity index (χ1v) is 10.1. The quantitative estimate of drug-likeness (QED) is 0.627. The topological polar surface area (TPSA) is 56.1 Å². The molecule has 7 heteroatoms. The van der Waals surface area contributed by atoms with Crippen LogP contribution >= 0.6 is 23.2 Å². The molecule has 0 unspecified atom stereocenters. The van der Waals surface area contributed by atoms with Gasteiger partial charge in [-0.1, -0.05) is 35.3 Å². The first kappa shape index (κ1) is 19.2. The van der Waals surface area contributed by atoms with E-state index in [2.05, 4.69) is 9.88 Å². The van der Waals surface area contributed by atoms with E-state index in [-0.39, 0.29) is 5.97 Å². The van der Waals surface area contributed by atoms with Gasteiger partial charge < -0.3 is 14.6 Å². The zero-order chi connectivity index (χ0) is 19.7. The van der Waals surface area contributed by atoms with Gasteiger partial charge in [-0.25, -0.2) is 9.78 Å². The Bertz CT molecular complexity index is 1010. The number of hydrogen-bond acceptors (Lipinski definition) is 4. The van der Waals surface area contributed by atoms with Crippen LogP contribution in [0.1, 0.15) is 40.5 Å². The number of rotatable bonds is 4. The molecule has 0 atom stereocenters. The molecule has 1 aliphatic heterocycles. The van der Waals surface area contributed by atoms with E-state index in [9.17, 15) is 4.79 Å². The van der Waals surface area contributed by atoms with Gasteiger partial charge in [-0.3, -0.25) is 0 Å². The SMILES string of the molecule is COC(=O)c1ccc(Cn2c(C3CCNCC3)nc3cc(Cl)c(Cl)cc32)cc1. The number of nitrogens with one attached hydrogen (secondary N) is 1. The number of fused-ring (bicyclic) bond motifs is 1. The maximum atomic E-state index is 11.7. The number of carbonyl (C=O) groups excluding carboxylic acids is 1. The highest BCUT2D eigenvalue weighted by Gasteiger charge is 2.23. The van der Waals surface area contributed by atoms with Crippen molar-refractivity contribution < 1.29 is 9.53 Å². The van der Waals surface area contributed by atoms with Gasteiger partial charge in [0.15, 0.2) is 0 Å². The van der Waals surface area contributed by atoms with Gasteiger partial charge >= 0.3 is 5.97 Å². The molecule has 2 heterocycles. The average molecular weight is 418 g/mol. The van der Waals surface area contributed by atoms with Gasteiger partial charge in [-0.15, -0.1) is 0 Å². The maximum absolute atomic E-state index is 11.7. The van der Waals surface area contributed by atoms with E-state index >= 15 is 0 Å². The fraction of sp³-hybridized carbons (Fsp3) is 0.333. The second-order valence-electron chi connectivity index (χ2n) is 7.02. The minimum Gasteiger partial charge on any atom is -0.465 e. The molecule has 1 fully saturated rings. The van der Waals surface area contributed by atoms with E-state index in [1.54, 1.807) is 12.1 Å². The largest absolute Gasteiger partial charge is 0.465 e. The van der Waals surface area contributed by atoms with Crippen LogP contribution in [-0.4, -0.2) is 35.7 Å². The predicted molar refractivity (Wildman–Crippen MR) is 111 cm³/mol. The van der Waals surface area contributed by atoms with Crippen LogP contribution in [0.3, 0.4) is 0 Å². The third-order valence-corrected chi connectivity index (χ3v) is 5.96. The predicted octanol–water partition coefficient (Wildman–Crippen LogP) is 4.65. The van der Waals surface area contributed by atoms with Gasteiger partial charge in [0.05, 0.1) is 33.8 Å². The summed E-state index contributed by atoms with van der Waals surface area (Å²) in [6.07, 6.45) is 2.10. The minimum absolute atomic E-state index is 0.337. The molecular weight excluding hydrogens is 397 g/mol. The lowest BCUT2D eigenvalue weighted by atomic mass is 9.97. The van der Waals surface area contributed by atoms with Crippen molar-refractivity contribution in [3.8, 4) is 0 Å². The molecule has 0 saturated carbocycles. The first-order valence-electron chi connectivity index (χ1n) is 9.30. The zero-order valence-electron chi connectivity index (χ0n) is 15.5. The van der Waals surface area contributed by atoms with Gasteiger partial charge in [0, 0.05) is 12.5 Å². The van der Waals surface area contributed by atoms with Gasteiger partial charge in [0.25, 0.3) is 0 Å². The fourth-order valence-corrected chi connectivity index (χ4v) is 4.06. The second kappa shape index (κ2) is 8.11. The Morgan fingerprint density at radius 3 is 2.54 bits per heavy atom. The van der Waals surface area contributed by atoms with E-state index in [0.717, 1.165) is 48.4 Å². The molecule has 5 nitrogen and oxygen atoms in total. The number of halogens is 2. The Hall–Kier alpha value is -2.08. The van der Waals surface area contributed by atoms with Crippen LogP contribution in [0.2, 0.25) is 10.0 Å². The lowest BCUT2D eigenvalue weighted by Crippen LogP contribution is -2.28. The highest BCUT2D eigenvalue weighted by Crippen LogP contribution is 2.33. The third kappa shape index (κ3) is 3.75. The van der Waals surface area contributed by atoms with Crippen LogP contribution in [0.25, 0.3) is 11.0 Å². The number of piperidine rings is 1. The number of ether oxygens (including phenoxy) is 1. The van der Waals surface area contributed by atoms with Gasteiger partial charge in [0.1, 0.15) is 5.82 Å². The molecule has 0 amide bonds. The number of hydrogen-bond donors (Lipinski definition) is 1. The normalized spacial score (nSPS) is 15.1. The molecule has 28 heavy (non-hydrogen) atoms. The molecule has 3 aromatic rings. The van der Waals surface area contributed by atoms with E-state index in [1.807, 2.05) is 24.3 Å². The lowest BCUT2D eigenvalue weighted by molar-refractivity contribution is 0.0600. The Labute approximate surface area is 173 Å². The van der Waals surface area contributed by atoms with E-state index in [1.165, 1.54) is 7.11 Å². The van der Waals surface area contributed by atoms with Crippen molar-refractivity contribution in [2.24, 2.45) is 0 Å². The standard InChI is InChI=1S/C21H21Cl2N3O2/c1-28-21(27)15-4-2-13(3-5-15)12-26-19-11-17(23)16(22)10-18(19)25-20(26)14-6-8-24-9-7-14/h2-5,10-11,14,24H,6-9,12H2,1H3. The van der Waals surface area contributed by atoms with Crippen molar-refractivity contribution >= 4 is 40.2 Å². The van der Waals surface area contributed by atoms with Crippen molar-refractivity contribution in [3.05, 3.63) is 63.4 Å². The molecule has 4 rings (SSSR count). The number of carbonyl (C=O) groups is 1. The molecule has 0 spiro atoms. The number of esters is 1. The molecule has 1 aliphatic rings. The first-order chi connectivity index (χ1) is 13.6. The Balaban J connectivity index is 1.75. The highest BCUT2D eigenvalue weighted by molar-refractivity contribution is 6.42. The number of nitrogens with zero attached hydrogens (tertiary/aromatic N) is 2. The summed E-state index contributed by atoms with van der Waals surface area (Å²) in [5, 5.41) is 4.44. The minimum atomic E-state index is -0.337. The van der Waals surface area contributed by atoms with Crippen molar-refractivity contribution in [2.75, 3.05) is 20.2 Å². The Morgan fingerprint density at radius 1 is 1.18 bits per heavy atom. The van der Waals surface area contributed by atoms with Crippen LogP contribution in [-0.2, 0) is 11.3 Å². The molecular formula is C21H21Cl2N3O2. The molecule has 1 aromatic heterocycles. The molecule has 146 valence electrons. The zero-order valence-corrected chi connectivity index (χ0v) is 17.1. The smallest absolute Gasteiger partial charge is 0.337 e. The third-order valence-electron chi connectivity index (χ3n) is 5.24. The van der Waals surface area contributed by atoms with Crippen molar-refractivity contribution in [1.29, 1.82) is 0 Å². The summed E-state index contributed by atoms with van der Waals surface area (Å²) in [6.45, 7) is 2.63. The summed E-state index contributed by atoms with van der Waals surface area (Å²) in [5.74, 6) is 1.11. The van der Waals surface area contributed by atoms with Crippen LogP contribution in [0, 0.1) is 0 Å². The van der Waals surface area contributed by atoms with Gasteiger partial charge in [-0.05, 0) is 55.8 Å². The molecule has 0 radical (unpaired) electrons. The molecule has 1 saturated heterocycles. The molecule has 0 aliphatic carbocycles. The van der Waals surface area contributed by atoms with Crippen molar-refractivity contribution in [1.82, 2.24) is 14.9 Å². The molecule has 0 bridgehead atoms. The van der Waals surface area contributed by atoms with Gasteiger partial charge in [-0.2, -0.15) is 0 Å². The van der Waals surface area contributed by atoms with Crippen LogP contribution in [0.4, 0.5) is 0 Å². The number of aromatic nitrogens is 2. The number of methoxy groups -OCH3 is 1. The van der Waals surface area contributed by atoms with E-state index in [0.29, 0.717) is 28.1 Å². The monoisotopic (exact) mass is 417 g/mol. The average Bonchev–Trinajstić information content (AvgIpc) is 3.06. The molecule has 2 aromatic carbocycles.